The topological polar surface area (TPSA) is 85.1 Å². The number of rotatable bonds is 11. The molecule has 0 atom stereocenters. The van der Waals surface area contributed by atoms with E-state index >= 15 is 0 Å². The molecule has 0 spiro atoms. The van der Waals surface area contributed by atoms with Crippen LogP contribution in [0.5, 0.6) is 23.0 Å². The van der Waals surface area contributed by atoms with Crippen molar-refractivity contribution < 1.29 is 18.9 Å². The normalized spacial score (nSPS) is 10.6. The van der Waals surface area contributed by atoms with Crippen molar-refractivity contribution in [2.75, 3.05) is 20.8 Å². The van der Waals surface area contributed by atoms with Crippen LogP contribution in [0.3, 0.4) is 0 Å². The van der Waals surface area contributed by atoms with E-state index in [1.54, 1.807) is 32.6 Å². The zero-order valence-corrected chi connectivity index (χ0v) is 20.9. The highest BCUT2D eigenvalue weighted by Crippen LogP contribution is 2.37. The highest BCUT2D eigenvalue weighted by atomic mass is 79.9. The predicted molar refractivity (Wildman–Crippen MR) is 135 cm³/mol. The van der Waals surface area contributed by atoms with E-state index in [1.165, 1.54) is 0 Å². The largest absolute Gasteiger partial charge is 0.493 e. The van der Waals surface area contributed by atoms with Gasteiger partial charge in [-0.05, 0) is 75.9 Å². The Morgan fingerprint density at radius 2 is 1.79 bits per heavy atom. The summed E-state index contributed by atoms with van der Waals surface area (Å²) in [6, 6.07) is 19.0. The molecular weight excluding hydrogens is 498 g/mol. The number of methoxy groups -OCH3 is 2. The standard InChI is InChI=1S/C26H26BrN3O4/c1-4-33-25-13-21(16-30-29-15-19-8-9-23(31-2)24(12-19)32-3)11-22(27)26(25)34-17-20-7-5-6-18(10-20)14-28/h5-13,16,29H,4,15,17H2,1-3H3/b30-16-. The summed E-state index contributed by atoms with van der Waals surface area (Å²) in [6.07, 6.45) is 1.72. The van der Waals surface area contributed by atoms with Gasteiger partial charge < -0.3 is 24.4 Å². The molecule has 0 saturated heterocycles. The van der Waals surface area contributed by atoms with Gasteiger partial charge in [-0.25, -0.2) is 0 Å². The molecule has 0 amide bonds. The smallest absolute Gasteiger partial charge is 0.175 e. The number of nitrogens with zero attached hydrogens (tertiary/aromatic N) is 2. The Bertz CT molecular complexity index is 1190. The second-order valence-corrected chi connectivity index (χ2v) is 8.00. The van der Waals surface area contributed by atoms with Crippen LogP contribution in [0.1, 0.15) is 29.2 Å². The molecule has 0 radical (unpaired) electrons. The van der Waals surface area contributed by atoms with Gasteiger partial charge in [-0.15, -0.1) is 0 Å². The SMILES string of the molecule is CCOc1cc(/C=N\NCc2ccc(OC)c(OC)c2)cc(Br)c1OCc1cccc(C#N)c1. The Morgan fingerprint density at radius 3 is 2.53 bits per heavy atom. The Kier molecular flexibility index (Phi) is 9.18. The van der Waals surface area contributed by atoms with Crippen molar-refractivity contribution in [2.45, 2.75) is 20.1 Å². The maximum atomic E-state index is 9.09. The molecule has 176 valence electrons. The van der Waals surface area contributed by atoms with E-state index < -0.39 is 0 Å². The molecule has 0 saturated carbocycles. The summed E-state index contributed by atoms with van der Waals surface area (Å²) < 4.78 is 23.2. The average molecular weight is 524 g/mol. The molecule has 0 aliphatic carbocycles. The first-order valence-electron chi connectivity index (χ1n) is 10.6. The summed E-state index contributed by atoms with van der Waals surface area (Å²) in [5.41, 5.74) is 6.39. The first kappa shape index (κ1) is 24.9. The van der Waals surface area contributed by atoms with E-state index in [1.807, 2.05) is 49.4 Å². The van der Waals surface area contributed by atoms with Gasteiger partial charge in [-0.2, -0.15) is 10.4 Å². The summed E-state index contributed by atoms with van der Waals surface area (Å²) in [5, 5.41) is 13.4. The fourth-order valence-electron chi connectivity index (χ4n) is 3.20. The van der Waals surface area contributed by atoms with Crippen LogP contribution in [0.2, 0.25) is 0 Å². The molecule has 0 aliphatic rings. The summed E-state index contributed by atoms with van der Waals surface area (Å²) in [6.45, 7) is 3.25. The van der Waals surface area contributed by atoms with Crippen LogP contribution in [0.25, 0.3) is 0 Å². The van der Waals surface area contributed by atoms with Crippen LogP contribution >= 0.6 is 15.9 Å². The third-order valence-corrected chi connectivity index (χ3v) is 5.40. The van der Waals surface area contributed by atoms with Crippen LogP contribution in [-0.2, 0) is 13.2 Å². The zero-order chi connectivity index (χ0) is 24.3. The highest BCUT2D eigenvalue weighted by molar-refractivity contribution is 9.10. The predicted octanol–water partition coefficient (Wildman–Crippen LogP) is 5.44. The third kappa shape index (κ3) is 6.65. The van der Waals surface area contributed by atoms with Crippen molar-refractivity contribution in [3.05, 3.63) is 81.3 Å². The minimum absolute atomic E-state index is 0.314. The van der Waals surface area contributed by atoms with Gasteiger partial charge in [0.1, 0.15) is 6.61 Å². The summed E-state index contributed by atoms with van der Waals surface area (Å²) in [4.78, 5) is 0. The van der Waals surface area contributed by atoms with Crippen LogP contribution in [0, 0.1) is 11.3 Å². The number of nitriles is 1. The lowest BCUT2D eigenvalue weighted by molar-refractivity contribution is 0.267. The van der Waals surface area contributed by atoms with Gasteiger partial charge in [-0.3, -0.25) is 0 Å². The number of benzene rings is 3. The molecule has 3 aromatic carbocycles. The first-order valence-corrected chi connectivity index (χ1v) is 11.4. The number of ether oxygens (including phenoxy) is 4. The molecular formula is C26H26BrN3O4. The van der Waals surface area contributed by atoms with Crippen molar-refractivity contribution in [2.24, 2.45) is 5.10 Å². The van der Waals surface area contributed by atoms with E-state index in [4.69, 9.17) is 24.2 Å². The second kappa shape index (κ2) is 12.5. The molecule has 0 aliphatic heterocycles. The van der Waals surface area contributed by atoms with Gasteiger partial charge in [0.15, 0.2) is 23.0 Å². The summed E-state index contributed by atoms with van der Waals surface area (Å²) in [5.74, 6) is 2.56. The lowest BCUT2D eigenvalue weighted by Crippen LogP contribution is -2.06. The van der Waals surface area contributed by atoms with Gasteiger partial charge in [0, 0.05) is 0 Å². The molecule has 3 aromatic rings. The van der Waals surface area contributed by atoms with Crippen molar-refractivity contribution in [1.82, 2.24) is 5.43 Å². The first-order chi connectivity index (χ1) is 16.6. The number of hydrogen-bond acceptors (Lipinski definition) is 7. The molecule has 7 nitrogen and oxygen atoms in total. The molecule has 0 unspecified atom stereocenters. The Morgan fingerprint density at radius 1 is 0.971 bits per heavy atom. The van der Waals surface area contributed by atoms with Gasteiger partial charge in [0.05, 0.1) is 49.7 Å². The fraction of sp³-hybridized carbons (Fsp3) is 0.231. The quantitative estimate of drug-likeness (QED) is 0.266. The molecule has 34 heavy (non-hydrogen) atoms. The minimum Gasteiger partial charge on any atom is -0.493 e. The molecule has 0 fully saturated rings. The minimum atomic E-state index is 0.314. The van der Waals surface area contributed by atoms with Crippen LogP contribution in [0.15, 0.2) is 64.2 Å². The molecule has 0 heterocycles. The molecule has 0 bridgehead atoms. The van der Waals surface area contributed by atoms with Crippen LogP contribution in [-0.4, -0.2) is 27.0 Å². The second-order valence-electron chi connectivity index (χ2n) is 7.15. The fourth-order valence-corrected chi connectivity index (χ4v) is 3.77. The van der Waals surface area contributed by atoms with E-state index in [0.717, 1.165) is 21.2 Å². The lowest BCUT2D eigenvalue weighted by Gasteiger charge is -2.15. The highest BCUT2D eigenvalue weighted by Gasteiger charge is 2.12. The Balaban J connectivity index is 1.68. The van der Waals surface area contributed by atoms with Gasteiger partial charge in [0.2, 0.25) is 0 Å². The van der Waals surface area contributed by atoms with Crippen molar-refractivity contribution >= 4 is 22.1 Å². The average Bonchev–Trinajstić information content (AvgIpc) is 2.86. The van der Waals surface area contributed by atoms with Crippen molar-refractivity contribution in [3.8, 4) is 29.1 Å². The lowest BCUT2D eigenvalue weighted by atomic mass is 10.1. The monoisotopic (exact) mass is 523 g/mol. The van der Waals surface area contributed by atoms with Gasteiger partial charge in [0.25, 0.3) is 0 Å². The van der Waals surface area contributed by atoms with Crippen LogP contribution < -0.4 is 24.4 Å². The van der Waals surface area contributed by atoms with E-state index in [9.17, 15) is 0 Å². The maximum absolute atomic E-state index is 9.09. The van der Waals surface area contributed by atoms with E-state index in [-0.39, 0.29) is 0 Å². The number of hydrogen-bond donors (Lipinski definition) is 1. The van der Waals surface area contributed by atoms with E-state index in [2.05, 4.69) is 32.5 Å². The van der Waals surface area contributed by atoms with Gasteiger partial charge in [-0.1, -0.05) is 18.2 Å². The van der Waals surface area contributed by atoms with Crippen molar-refractivity contribution in [3.63, 3.8) is 0 Å². The Hall–Kier alpha value is -3.70. The summed E-state index contributed by atoms with van der Waals surface area (Å²) in [7, 11) is 3.22. The van der Waals surface area contributed by atoms with E-state index in [0.29, 0.717) is 48.3 Å². The zero-order valence-electron chi connectivity index (χ0n) is 19.3. The number of nitrogens with one attached hydrogen (secondary N) is 1. The molecule has 1 N–H and O–H groups in total. The number of hydrazone groups is 1. The Labute approximate surface area is 208 Å². The maximum Gasteiger partial charge on any atom is 0.175 e. The summed E-state index contributed by atoms with van der Waals surface area (Å²) >= 11 is 3.58. The molecule has 0 aromatic heterocycles. The van der Waals surface area contributed by atoms with Crippen LogP contribution in [0.4, 0.5) is 0 Å². The number of halogens is 1. The third-order valence-electron chi connectivity index (χ3n) is 4.81. The molecule has 8 heteroatoms. The van der Waals surface area contributed by atoms with Gasteiger partial charge >= 0.3 is 0 Å². The molecule has 3 rings (SSSR count). The van der Waals surface area contributed by atoms with Crippen molar-refractivity contribution in [1.29, 1.82) is 5.26 Å².